The van der Waals surface area contributed by atoms with Gasteiger partial charge in [-0.05, 0) is 33.4 Å². The second kappa shape index (κ2) is 4.95. The molecule has 2 nitrogen and oxygen atoms in total. The SMILES string of the molecule is Cc1cc(C)cc(CN(C)C(C)C#N)c1. The van der Waals surface area contributed by atoms with Gasteiger partial charge in [0.05, 0.1) is 12.1 Å². The van der Waals surface area contributed by atoms with Crippen LogP contribution in [0, 0.1) is 25.2 Å². The zero-order valence-corrected chi connectivity index (χ0v) is 9.91. The Balaban J connectivity index is 2.77. The first-order chi connectivity index (χ1) is 7.02. The van der Waals surface area contributed by atoms with Crippen molar-refractivity contribution in [3.05, 3.63) is 34.9 Å². The van der Waals surface area contributed by atoms with Gasteiger partial charge in [0.2, 0.25) is 0 Å². The van der Waals surface area contributed by atoms with Gasteiger partial charge >= 0.3 is 0 Å². The molecular weight excluding hydrogens is 184 g/mol. The molecule has 1 atom stereocenters. The summed E-state index contributed by atoms with van der Waals surface area (Å²) >= 11 is 0. The summed E-state index contributed by atoms with van der Waals surface area (Å²) in [5.74, 6) is 0. The third kappa shape index (κ3) is 3.38. The molecule has 1 aromatic carbocycles. The van der Waals surface area contributed by atoms with E-state index in [0.717, 1.165) is 6.54 Å². The topological polar surface area (TPSA) is 27.0 Å². The van der Waals surface area contributed by atoms with Crippen LogP contribution in [-0.4, -0.2) is 18.0 Å². The van der Waals surface area contributed by atoms with Crippen molar-refractivity contribution in [1.82, 2.24) is 4.90 Å². The van der Waals surface area contributed by atoms with Crippen molar-refractivity contribution in [2.75, 3.05) is 7.05 Å². The summed E-state index contributed by atoms with van der Waals surface area (Å²) in [6.45, 7) is 6.95. The lowest BCUT2D eigenvalue weighted by molar-refractivity contribution is 0.294. The Morgan fingerprint density at radius 3 is 2.27 bits per heavy atom. The molecule has 0 radical (unpaired) electrons. The number of nitriles is 1. The van der Waals surface area contributed by atoms with Crippen molar-refractivity contribution < 1.29 is 0 Å². The van der Waals surface area contributed by atoms with E-state index in [4.69, 9.17) is 5.26 Å². The highest BCUT2D eigenvalue weighted by atomic mass is 15.1. The Kier molecular flexibility index (Phi) is 3.88. The van der Waals surface area contributed by atoms with Crippen molar-refractivity contribution in [2.45, 2.75) is 33.4 Å². The summed E-state index contributed by atoms with van der Waals surface area (Å²) < 4.78 is 0. The van der Waals surface area contributed by atoms with E-state index >= 15 is 0 Å². The second-order valence-corrected chi connectivity index (χ2v) is 4.22. The zero-order valence-electron chi connectivity index (χ0n) is 9.91. The van der Waals surface area contributed by atoms with Gasteiger partial charge in [-0.2, -0.15) is 5.26 Å². The van der Waals surface area contributed by atoms with E-state index in [1.807, 2.05) is 18.9 Å². The summed E-state index contributed by atoms with van der Waals surface area (Å²) in [6.07, 6.45) is 0. The first kappa shape index (κ1) is 11.7. The first-order valence-corrected chi connectivity index (χ1v) is 5.20. The van der Waals surface area contributed by atoms with Gasteiger partial charge in [-0.1, -0.05) is 29.3 Å². The summed E-state index contributed by atoms with van der Waals surface area (Å²) in [5.41, 5.74) is 3.84. The van der Waals surface area contributed by atoms with Crippen LogP contribution in [0.5, 0.6) is 0 Å². The molecule has 0 amide bonds. The van der Waals surface area contributed by atoms with Gasteiger partial charge < -0.3 is 0 Å². The van der Waals surface area contributed by atoms with Gasteiger partial charge in [0.25, 0.3) is 0 Å². The van der Waals surface area contributed by atoms with Gasteiger partial charge in [0.15, 0.2) is 0 Å². The normalized spacial score (nSPS) is 12.5. The summed E-state index contributed by atoms with van der Waals surface area (Å²) in [6, 6.07) is 8.72. The van der Waals surface area contributed by atoms with Crippen LogP contribution in [0.2, 0.25) is 0 Å². The molecule has 80 valence electrons. The fourth-order valence-electron chi connectivity index (χ4n) is 1.68. The molecule has 0 saturated heterocycles. The lowest BCUT2D eigenvalue weighted by Crippen LogP contribution is -2.27. The number of aryl methyl sites for hydroxylation is 2. The maximum absolute atomic E-state index is 8.80. The van der Waals surface area contributed by atoms with Gasteiger partial charge in [-0.15, -0.1) is 0 Å². The lowest BCUT2D eigenvalue weighted by atomic mass is 10.1. The zero-order chi connectivity index (χ0) is 11.4. The fraction of sp³-hybridized carbons (Fsp3) is 0.462. The van der Waals surface area contributed by atoms with Gasteiger partial charge in [-0.3, -0.25) is 4.90 Å². The van der Waals surface area contributed by atoms with E-state index in [2.05, 4.69) is 38.1 Å². The average molecular weight is 202 g/mol. The molecule has 0 aliphatic heterocycles. The molecule has 0 saturated carbocycles. The largest absolute Gasteiger partial charge is 0.287 e. The average Bonchev–Trinajstić information content (AvgIpc) is 2.14. The first-order valence-electron chi connectivity index (χ1n) is 5.20. The predicted molar refractivity (Wildman–Crippen MR) is 62.5 cm³/mol. The number of rotatable bonds is 3. The lowest BCUT2D eigenvalue weighted by Gasteiger charge is -2.19. The van der Waals surface area contributed by atoms with E-state index in [0.29, 0.717) is 0 Å². The van der Waals surface area contributed by atoms with Crippen molar-refractivity contribution in [2.24, 2.45) is 0 Å². The van der Waals surface area contributed by atoms with Gasteiger partial charge in [0, 0.05) is 6.54 Å². The summed E-state index contributed by atoms with van der Waals surface area (Å²) in [4.78, 5) is 2.05. The molecule has 1 unspecified atom stereocenters. The third-order valence-corrected chi connectivity index (χ3v) is 2.56. The molecule has 0 bridgehead atoms. The monoisotopic (exact) mass is 202 g/mol. The number of benzene rings is 1. The molecule has 0 aliphatic rings. The molecule has 15 heavy (non-hydrogen) atoms. The molecule has 0 aromatic heterocycles. The van der Waals surface area contributed by atoms with E-state index < -0.39 is 0 Å². The molecule has 0 N–H and O–H groups in total. The molecule has 1 rings (SSSR count). The Labute approximate surface area is 92.1 Å². The Hall–Kier alpha value is -1.33. The van der Waals surface area contributed by atoms with Crippen LogP contribution in [0.3, 0.4) is 0 Å². The van der Waals surface area contributed by atoms with Crippen molar-refractivity contribution in [3.8, 4) is 6.07 Å². The number of hydrogen-bond donors (Lipinski definition) is 0. The highest BCUT2D eigenvalue weighted by Crippen LogP contribution is 2.11. The van der Waals surface area contributed by atoms with Crippen LogP contribution >= 0.6 is 0 Å². The van der Waals surface area contributed by atoms with Gasteiger partial charge in [0.1, 0.15) is 0 Å². The summed E-state index contributed by atoms with van der Waals surface area (Å²) in [5, 5.41) is 8.80. The smallest absolute Gasteiger partial charge is 0.0949 e. The van der Waals surface area contributed by atoms with E-state index in [-0.39, 0.29) is 6.04 Å². The maximum atomic E-state index is 8.80. The quantitative estimate of drug-likeness (QED) is 0.753. The number of nitrogens with zero attached hydrogens (tertiary/aromatic N) is 2. The minimum atomic E-state index is -0.0363. The van der Waals surface area contributed by atoms with Crippen LogP contribution in [-0.2, 0) is 6.54 Å². The third-order valence-electron chi connectivity index (χ3n) is 2.56. The van der Waals surface area contributed by atoms with Crippen LogP contribution in [0.1, 0.15) is 23.6 Å². The highest BCUT2D eigenvalue weighted by Gasteiger charge is 2.08. The molecule has 1 aromatic rings. The molecule has 0 spiro atoms. The predicted octanol–water partition coefficient (Wildman–Crippen LogP) is 2.65. The van der Waals surface area contributed by atoms with Crippen molar-refractivity contribution in [1.29, 1.82) is 5.26 Å². The molecule has 0 fully saturated rings. The fourth-order valence-corrected chi connectivity index (χ4v) is 1.68. The Morgan fingerprint density at radius 1 is 1.27 bits per heavy atom. The van der Waals surface area contributed by atoms with Crippen LogP contribution < -0.4 is 0 Å². The minimum absolute atomic E-state index is 0.0363. The Morgan fingerprint density at radius 2 is 1.80 bits per heavy atom. The van der Waals surface area contributed by atoms with Crippen molar-refractivity contribution in [3.63, 3.8) is 0 Å². The van der Waals surface area contributed by atoms with Crippen LogP contribution in [0.25, 0.3) is 0 Å². The molecule has 2 heteroatoms. The van der Waals surface area contributed by atoms with Gasteiger partial charge in [-0.25, -0.2) is 0 Å². The summed E-state index contributed by atoms with van der Waals surface area (Å²) in [7, 11) is 1.98. The number of hydrogen-bond acceptors (Lipinski definition) is 2. The maximum Gasteiger partial charge on any atom is 0.0949 e. The van der Waals surface area contributed by atoms with Crippen LogP contribution in [0.15, 0.2) is 18.2 Å². The second-order valence-electron chi connectivity index (χ2n) is 4.22. The Bertz CT molecular complexity index is 356. The highest BCUT2D eigenvalue weighted by molar-refractivity contribution is 5.28. The molecular formula is C13H18N2. The molecule has 0 aliphatic carbocycles. The van der Waals surface area contributed by atoms with E-state index in [1.165, 1.54) is 16.7 Å². The van der Waals surface area contributed by atoms with E-state index in [9.17, 15) is 0 Å². The molecule has 0 heterocycles. The van der Waals surface area contributed by atoms with Crippen molar-refractivity contribution >= 4 is 0 Å². The van der Waals surface area contributed by atoms with E-state index in [1.54, 1.807) is 0 Å². The minimum Gasteiger partial charge on any atom is -0.287 e. The van der Waals surface area contributed by atoms with Crippen LogP contribution in [0.4, 0.5) is 0 Å². The standard InChI is InChI=1S/C13H18N2/c1-10-5-11(2)7-13(6-10)9-15(4)12(3)8-14/h5-7,12H,9H2,1-4H3.